The Morgan fingerprint density at radius 1 is 0.914 bits per heavy atom. The number of aromatic nitrogens is 2. The highest BCUT2D eigenvalue weighted by molar-refractivity contribution is 5.91. The average molecular weight is 471 g/mol. The van der Waals surface area contributed by atoms with Gasteiger partial charge in [-0.25, -0.2) is 4.98 Å². The van der Waals surface area contributed by atoms with Crippen molar-refractivity contribution in [3.63, 3.8) is 0 Å². The van der Waals surface area contributed by atoms with Gasteiger partial charge in [0.05, 0.1) is 6.54 Å². The lowest BCUT2D eigenvalue weighted by Gasteiger charge is -2.21. The highest BCUT2D eigenvalue weighted by Crippen LogP contribution is 2.33. The SMILES string of the molecule is Cc1ccc(CN(Cc2ccc3c(c2)OCO3)Cc2nc(C(=O)NCc3ccncc3)co2)cc1. The molecule has 0 fully saturated rings. The Morgan fingerprint density at radius 3 is 2.49 bits per heavy atom. The first-order valence-corrected chi connectivity index (χ1v) is 11.4. The zero-order chi connectivity index (χ0) is 24.0. The van der Waals surface area contributed by atoms with E-state index in [0.29, 0.717) is 32.1 Å². The summed E-state index contributed by atoms with van der Waals surface area (Å²) in [6, 6.07) is 18.1. The molecule has 8 heteroatoms. The van der Waals surface area contributed by atoms with Gasteiger partial charge in [-0.2, -0.15) is 0 Å². The Hall–Kier alpha value is -4.17. The molecule has 1 N–H and O–H groups in total. The third kappa shape index (κ3) is 5.85. The Morgan fingerprint density at radius 2 is 1.66 bits per heavy atom. The van der Waals surface area contributed by atoms with Crippen LogP contribution in [0, 0.1) is 6.92 Å². The van der Waals surface area contributed by atoms with Crippen molar-refractivity contribution in [1.82, 2.24) is 20.2 Å². The Bertz CT molecular complexity index is 1290. The molecule has 4 aromatic rings. The molecule has 1 amide bonds. The normalized spacial score (nSPS) is 12.2. The number of aryl methyl sites for hydroxylation is 1. The van der Waals surface area contributed by atoms with E-state index in [1.165, 1.54) is 17.4 Å². The van der Waals surface area contributed by atoms with E-state index in [2.05, 4.69) is 51.4 Å². The fourth-order valence-corrected chi connectivity index (χ4v) is 3.87. The van der Waals surface area contributed by atoms with E-state index in [1.54, 1.807) is 12.4 Å². The van der Waals surface area contributed by atoms with Gasteiger partial charge in [-0.15, -0.1) is 0 Å². The van der Waals surface area contributed by atoms with Crippen LogP contribution in [0.25, 0.3) is 0 Å². The number of benzene rings is 2. The Balaban J connectivity index is 1.28. The van der Waals surface area contributed by atoms with Crippen LogP contribution in [-0.2, 0) is 26.2 Å². The number of hydrogen-bond donors (Lipinski definition) is 1. The number of hydrogen-bond acceptors (Lipinski definition) is 7. The third-order valence-electron chi connectivity index (χ3n) is 5.72. The lowest BCUT2D eigenvalue weighted by molar-refractivity contribution is 0.0945. The molecular weight excluding hydrogens is 444 g/mol. The summed E-state index contributed by atoms with van der Waals surface area (Å²) in [6.07, 6.45) is 4.79. The van der Waals surface area contributed by atoms with E-state index >= 15 is 0 Å². The fourth-order valence-electron chi connectivity index (χ4n) is 3.87. The van der Waals surface area contributed by atoms with Crippen LogP contribution in [0.15, 0.2) is 77.7 Å². The smallest absolute Gasteiger partial charge is 0.273 e. The predicted octanol–water partition coefficient (Wildman–Crippen LogP) is 4.24. The molecule has 0 atom stereocenters. The number of amides is 1. The van der Waals surface area contributed by atoms with E-state index in [9.17, 15) is 4.79 Å². The predicted molar refractivity (Wildman–Crippen MR) is 129 cm³/mol. The average Bonchev–Trinajstić information content (AvgIpc) is 3.54. The molecule has 3 heterocycles. The first-order valence-electron chi connectivity index (χ1n) is 11.4. The summed E-state index contributed by atoms with van der Waals surface area (Å²) >= 11 is 0. The first-order chi connectivity index (χ1) is 17.1. The number of rotatable bonds is 9. The van der Waals surface area contributed by atoms with E-state index < -0.39 is 0 Å². The maximum Gasteiger partial charge on any atom is 0.273 e. The summed E-state index contributed by atoms with van der Waals surface area (Å²) in [5, 5.41) is 2.86. The largest absolute Gasteiger partial charge is 0.454 e. The molecule has 0 saturated carbocycles. The number of oxazole rings is 1. The van der Waals surface area contributed by atoms with Gasteiger partial charge >= 0.3 is 0 Å². The van der Waals surface area contributed by atoms with Crippen LogP contribution in [0.5, 0.6) is 11.5 Å². The highest BCUT2D eigenvalue weighted by Gasteiger charge is 2.18. The number of carbonyl (C=O) groups is 1. The molecule has 0 aliphatic carbocycles. The van der Waals surface area contributed by atoms with Crippen LogP contribution in [0.4, 0.5) is 0 Å². The van der Waals surface area contributed by atoms with Gasteiger partial charge in [0.2, 0.25) is 12.7 Å². The molecule has 0 saturated heterocycles. The van der Waals surface area contributed by atoms with Crippen molar-refractivity contribution in [2.45, 2.75) is 33.1 Å². The molecule has 5 rings (SSSR count). The number of ether oxygens (including phenoxy) is 2. The molecule has 1 aliphatic heterocycles. The molecule has 0 bridgehead atoms. The second-order valence-corrected chi connectivity index (χ2v) is 8.48. The second kappa shape index (κ2) is 10.4. The molecule has 2 aromatic heterocycles. The van der Waals surface area contributed by atoms with Gasteiger partial charge in [-0.1, -0.05) is 35.9 Å². The van der Waals surface area contributed by atoms with Gasteiger partial charge in [0, 0.05) is 32.0 Å². The molecule has 178 valence electrons. The van der Waals surface area contributed by atoms with Gasteiger partial charge in [0.1, 0.15) is 6.26 Å². The molecule has 35 heavy (non-hydrogen) atoms. The molecule has 0 radical (unpaired) electrons. The zero-order valence-corrected chi connectivity index (χ0v) is 19.4. The molecule has 1 aliphatic rings. The monoisotopic (exact) mass is 470 g/mol. The van der Waals surface area contributed by atoms with Crippen LogP contribution in [-0.4, -0.2) is 27.6 Å². The third-order valence-corrected chi connectivity index (χ3v) is 5.72. The standard InChI is InChI=1S/C27H26N4O4/c1-19-2-4-21(5-3-19)14-31(15-22-6-7-24-25(12-22)35-18-34-24)16-26-30-23(17-33-26)27(32)29-13-20-8-10-28-11-9-20/h2-12,17H,13-16,18H2,1H3,(H,29,32). The van der Waals surface area contributed by atoms with Crippen molar-refractivity contribution in [1.29, 1.82) is 0 Å². The summed E-state index contributed by atoms with van der Waals surface area (Å²) in [4.78, 5) is 23.2. The number of nitrogens with one attached hydrogen (secondary N) is 1. The number of pyridine rings is 1. The fraction of sp³-hybridized carbons (Fsp3) is 0.222. The Kier molecular flexibility index (Phi) is 6.72. The summed E-state index contributed by atoms with van der Waals surface area (Å²) in [6.45, 7) is 4.50. The van der Waals surface area contributed by atoms with Crippen LogP contribution >= 0.6 is 0 Å². The Labute approximate surface area is 203 Å². The van der Waals surface area contributed by atoms with Gasteiger partial charge in [0.25, 0.3) is 5.91 Å². The van der Waals surface area contributed by atoms with Crippen LogP contribution < -0.4 is 14.8 Å². The first kappa shape index (κ1) is 22.6. The minimum atomic E-state index is -0.280. The minimum absolute atomic E-state index is 0.244. The van der Waals surface area contributed by atoms with Gasteiger partial charge in [-0.05, 0) is 47.9 Å². The quantitative estimate of drug-likeness (QED) is 0.391. The minimum Gasteiger partial charge on any atom is -0.454 e. The van der Waals surface area contributed by atoms with Crippen LogP contribution in [0.2, 0.25) is 0 Å². The van der Waals surface area contributed by atoms with E-state index in [-0.39, 0.29) is 18.4 Å². The lowest BCUT2D eigenvalue weighted by Crippen LogP contribution is -2.24. The van der Waals surface area contributed by atoms with Crippen molar-refractivity contribution in [2.75, 3.05) is 6.79 Å². The van der Waals surface area contributed by atoms with E-state index in [1.807, 2.05) is 30.3 Å². The van der Waals surface area contributed by atoms with Crippen molar-refractivity contribution in [2.24, 2.45) is 0 Å². The van der Waals surface area contributed by atoms with E-state index in [4.69, 9.17) is 13.9 Å². The maximum absolute atomic E-state index is 12.6. The molecular formula is C27H26N4O4. The lowest BCUT2D eigenvalue weighted by atomic mass is 10.1. The topological polar surface area (TPSA) is 89.7 Å². The van der Waals surface area contributed by atoms with Crippen molar-refractivity contribution < 1.29 is 18.7 Å². The van der Waals surface area contributed by atoms with Gasteiger partial charge in [0.15, 0.2) is 17.2 Å². The highest BCUT2D eigenvalue weighted by atomic mass is 16.7. The van der Waals surface area contributed by atoms with E-state index in [0.717, 1.165) is 22.6 Å². The molecule has 2 aromatic carbocycles. The maximum atomic E-state index is 12.6. The summed E-state index contributed by atoms with van der Waals surface area (Å²) in [5.74, 6) is 1.71. The van der Waals surface area contributed by atoms with Gasteiger partial charge in [-0.3, -0.25) is 14.7 Å². The number of nitrogens with zero attached hydrogens (tertiary/aromatic N) is 3. The van der Waals surface area contributed by atoms with Crippen molar-refractivity contribution >= 4 is 5.91 Å². The zero-order valence-electron chi connectivity index (χ0n) is 19.4. The summed E-state index contributed by atoms with van der Waals surface area (Å²) in [5.41, 5.74) is 4.70. The number of fused-ring (bicyclic) bond motifs is 1. The number of carbonyl (C=O) groups excluding carboxylic acids is 1. The molecule has 0 unspecified atom stereocenters. The van der Waals surface area contributed by atoms with Crippen LogP contribution in [0.1, 0.15) is 38.6 Å². The summed E-state index contributed by atoms with van der Waals surface area (Å²) in [7, 11) is 0. The molecule has 8 nitrogen and oxygen atoms in total. The van der Waals surface area contributed by atoms with Crippen LogP contribution in [0.3, 0.4) is 0 Å². The van der Waals surface area contributed by atoms with Crippen molar-refractivity contribution in [3.8, 4) is 11.5 Å². The summed E-state index contributed by atoms with van der Waals surface area (Å²) < 4.78 is 16.6. The van der Waals surface area contributed by atoms with Gasteiger partial charge < -0.3 is 19.2 Å². The van der Waals surface area contributed by atoms with Crippen molar-refractivity contribution in [3.05, 3.63) is 107 Å². The second-order valence-electron chi connectivity index (χ2n) is 8.48. The molecule has 0 spiro atoms.